The van der Waals surface area contributed by atoms with Gasteiger partial charge in [0.15, 0.2) is 17.5 Å². The number of rotatable bonds is 3. The minimum Gasteiger partial charge on any atom is -0.431 e. The van der Waals surface area contributed by atoms with Gasteiger partial charge in [0.2, 0.25) is 0 Å². The number of ether oxygens (including phenoxy) is 1. The molecular formula is C14H13F3O2. The van der Waals surface area contributed by atoms with E-state index in [4.69, 9.17) is 4.74 Å². The molecule has 0 heterocycles. The summed E-state index contributed by atoms with van der Waals surface area (Å²) in [4.78, 5) is 11.3. The summed E-state index contributed by atoms with van der Waals surface area (Å²) in [6, 6.07) is 0.917. The van der Waals surface area contributed by atoms with Crippen LogP contribution < -0.4 is 0 Å². The molecule has 0 atom stereocenters. The van der Waals surface area contributed by atoms with Crippen LogP contribution in [-0.4, -0.2) is 5.97 Å². The standard InChI is InChI=1S/C14H13F3O2/c1-2-3-12(18)19-9-4-5-10-8(6-9)7-11(15)14(17)13(10)16/h6-7H,2-5H2,1H3. The Morgan fingerprint density at radius 1 is 1.26 bits per heavy atom. The Kier molecular flexibility index (Phi) is 3.93. The van der Waals surface area contributed by atoms with Crippen molar-refractivity contribution in [2.75, 3.05) is 0 Å². The van der Waals surface area contributed by atoms with Crippen molar-refractivity contribution in [3.05, 3.63) is 40.4 Å². The summed E-state index contributed by atoms with van der Waals surface area (Å²) in [5, 5.41) is 0. The molecule has 5 heteroatoms. The predicted octanol–water partition coefficient (Wildman–Crippen LogP) is 3.73. The molecule has 1 aromatic carbocycles. The third kappa shape index (κ3) is 2.80. The maximum Gasteiger partial charge on any atom is 0.310 e. The Labute approximate surface area is 108 Å². The van der Waals surface area contributed by atoms with Crippen molar-refractivity contribution in [3.8, 4) is 0 Å². The van der Waals surface area contributed by atoms with Gasteiger partial charge in [0, 0.05) is 12.8 Å². The molecule has 1 aromatic rings. The van der Waals surface area contributed by atoms with Gasteiger partial charge in [-0.05, 0) is 36.1 Å². The second-order valence-corrected chi connectivity index (χ2v) is 4.39. The third-order valence-electron chi connectivity index (χ3n) is 2.93. The number of esters is 1. The molecule has 0 bridgehead atoms. The average molecular weight is 270 g/mol. The van der Waals surface area contributed by atoms with E-state index in [0.29, 0.717) is 18.6 Å². The molecule has 0 amide bonds. The number of hydrogen-bond acceptors (Lipinski definition) is 2. The summed E-state index contributed by atoms with van der Waals surface area (Å²) in [7, 11) is 0. The molecule has 0 saturated carbocycles. The quantitative estimate of drug-likeness (QED) is 0.618. The summed E-state index contributed by atoms with van der Waals surface area (Å²) < 4.78 is 44.8. The third-order valence-corrected chi connectivity index (χ3v) is 2.93. The van der Waals surface area contributed by atoms with Crippen LogP contribution in [0.2, 0.25) is 0 Å². The summed E-state index contributed by atoms with van der Waals surface area (Å²) in [6.45, 7) is 1.85. The molecule has 0 fully saturated rings. The van der Waals surface area contributed by atoms with Crippen LogP contribution in [0.4, 0.5) is 13.2 Å². The molecule has 0 N–H and O–H groups in total. The lowest BCUT2D eigenvalue weighted by Crippen LogP contribution is -2.10. The Hall–Kier alpha value is -1.78. The zero-order valence-electron chi connectivity index (χ0n) is 10.4. The highest BCUT2D eigenvalue weighted by Gasteiger charge is 2.22. The summed E-state index contributed by atoms with van der Waals surface area (Å²) in [5.74, 6) is -3.88. The first-order chi connectivity index (χ1) is 9.02. The molecule has 19 heavy (non-hydrogen) atoms. The molecule has 2 rings (SSSR count). The number of halogens is 3. The van der Waals surface area contributed by atoms with Crippen molar-refractivity contribution in [1.29, 1.82) is 0 Å². The Balaban J connectivity index is 2.28. The van der Waals surface area contributed by atoms with E-state index in [1.54, 1.807) is 0 Å². The van der Waals surface area contributed by atoms with Gasteiger partial charge in [-0.25, -0.2) is 13.2 Å². The van der Waals surface area contributed by atoms with E-state index >= 15 is 0 Å². The normalized spacial score (nSPS) is 13.8. The molecule has 0 saturated heterocycles. The molecule has 2 nitrogen and oxygen atoms in total. The number of fused-ring (bicyclic) bond motifs is 1. The molecule has 0 aliphatic heterocycles. The van der Waals surface area contributed by atoms with Gasteiger partial charge < -0.3 is 4.74 Å². The van der Waals surface area contributed by atoms with Crippen molar-refractivity contribution in [1.82, 2.24) is 0 Å². The van der Waals surface area contributed by atoms with E-state index in [1.807, 2.05) is 6.92 Å². The van der Waals surface area contributed by atoms with E-state index in [0.717, 1.165) is 6.07 Å². The fourth-order valence-electron chi connectivity index (χ4n) is 2.01. The maximum absolute atomic E-state index is 13.5. The molecular weight excluding hydrogens is 257 g/mol. The van der Waals surface area contributed by atoms with Crippen LogP contribution in [0.5, 0.6) is 0 Å². The van der Waals surface area contributed by atoms with Gasteiger partial charge in [-0.3, -0.25) is 4.79 Å². The fraction of sp³-hybridized carbons (Fsp3) is 0.357. The smallest absolute Gasteiger partial charge is 0.310 e. The van der Waals surface area contributed by atoms with Crippen LogP contribution >= 0.6 is 0 Å². The number of carbonyl (C=O) groups excluding carboxylic acids is 1. The second-order valence-electron chi connectivity index (χ2n) is 4.39. The molecule has 0 radical (unpaired) electrons. The molecule has 1 aliphatic carbocycles. The highest BCUT2D eigenvalue weighted by Crippen LogP contribution is 2.29. The lowest BCUT2D eigenvalue weighted by Gasteiger charge is -2.17. The van der Waals surface area contributed by atoms with Gasteiger partial charge in [-0.15, -0.1) is 0 Å². The lowest BCUT2D eigenvalue weighted by molar-refractivity contribution is -0.139. The highest BCUT2D eigenvalue weighted by atomic mass is 19.2. The average Bonchev–Trinajstić information content (AvgIpc) is 2.36. The highest BCUT2D eigenvalue weighted by molar-refractivity contribution is 5.72. The fourth-order valence-corrected chi connectivity index (χ4v) is 2.01. The Morgan fingerprint density at radius 3 is 2.68 bits per heavy atom. The first-order valence-corrected chi connectivity index (χ1v) is 6.10. The minimum atomic E-state index is -1.46. The molecule has 0 unspecified atom stereocenters. The summed E-state index contributed by atoms with van der Waals surface area (Å²) >= 11 is 0. The number of carbonyl (C=O) groups is 1. The van der Waals surface area contributed by atoms with Crippen LogP contribution in [-0.2, 0) is 16.0 Å². The van der Waals surface area contributed by atoms with Gasteiger partial charge >= 0.3 is 5.97 Å². The topological polar surface area (TPSA) is 26.3 Å². The number of benzene rings is 1. The van der Waals surface area contributed by atoms with Gasteiger partial charge in [0.25, 0.3) is 0 Å². The Morgan fingerprint density at radius 2 is 2.00 bits per heavy atom. The van der Waals surface area contributed by atoms with Crippen LogP contribution in [0.3, 0.4) is 0 Å². The van der Waals surface area contributed by atoms with E-state index in [9.17, 15) is 18.0 Å². The largest absolute Gasteiger partial charge is 0.431 e. The van der Waals surface area contributed by atoms with E-state index in [-0.39, 0.29) is 29.9 Å². The van der Waals surface area contributed by atoms with Crippen molar-refractivity contribution < 1.29 is 22.7 Å². The first-order valence-electron chi connectivity index (χ1n) is 6.10. The predicted molar refractivity (Wildman–Crippen MR) is 63.6 cm³/mol. The van der Waals surface area contributed by atoms with Gasteiger partial charge in [0.1, 0.15) is 5.76 Å². The van der Waals surface area contributed by atoms with Crippen LogP contribution in [0.1, 0.15) is 37.3 Å². The van der Waals surface area contributed by atoms with Crippen molar-refractivity contribution in [2.24, 2.45) is 0 Å². The second kappa shape index (κ2) is 5.47. The molecule has 102 valence electrons. The molecule has 1 aliphatic rings. The van der Waals surface area contributed by atoms with Crippen molar-refractivity contribution in [3.63, 3.8) is 0 Å². The van der Waals surface area contributed by atoms with E-state index < -0.39 is 17.5 Å². The summed E-state index contributed by atoms with van der Waals surface area (Å²) in [6.07, 6.45) is 2.82. The van der Waals surface area contributed by atoms with Gasteiger partial charge in [-0.1, -0.05) is 6.92 Å². The van der Waals surface area contributed by atoms with Crippen LogP contribution in [0.15, 0.2) is 11.8 Å². The Bertz CT molecular complexity index is 550. The number of hydrogen-bond donors (Lipinski definition) is 0. The van der Waals surface area contributed by atoms with Gasteiger partial charge in [-0.2, -0.15) is 0 Å². The van der Waals surface area contributed by atoms with Crippen LogP contribution in [0.25, 0.3) is 6.08 Å². The van der Waals surface area contributed by atoms with Crippen molar-refractivity contribution >= 4 is 12.0 Å². The zero-order chi connectivity index (χ0) is 14.0. The van der Waals surface area contributed by atoms with Crippen molar-refractivity contribution in [2.45, 2.75) is 32.6 Å². The molecule has 0 spiro atoms. The van der Waals surface area contributed by atoms with E-state index in [2.05, 4.69) is 0 Å². The maximum atomic E-state index is 13.5. The monoisotopic (exact) mass is 270 g/mol. The number of allylic oxidation sites excluding steroid dienone is 1. The first kappa shape index (κ1) is 13.6. The zero-order valence-corrected chi connectivity index (χ0v) is 10.4. The molecule has 0 aromatic heterocycles. The van der Waals surface area contributed by atoms with Gasteiger partial charge in [0.05, 0.1) is 0 Å². The minimum absolute atomic E-state index is 0.120. The SMILES string of the molecule is CCCC(=O)OC1=Cc2cc(F)c(F)c(F)c2CC1. The summed E-state index contributed by atoms with van der Waals surface area (Å²) in [5.41, 5.74) is 0.344. The van der Waals surface area contributed by atoms with Crippen LogP contribution in [0, 0.1) is 17.5 Å². The lowest BCUT2D eigenvalue weighted by atomic mass is 9.95. The van der Waals surface area contributed by atoms with E-state index in [1.165, 1.54) is 6.08 Å².